The molecule has 0 unspecified atom stereocenters. The number of anilines is 2. The summed E-state index contributed by atoms with van der Waals surface area (Å²) in [6.07, 6.45) is -2.49. The number of aryl methyl sites for hydroxylation is 1. The molecular weight excluding hydrogens is 608 g/mol. The highest BCUT2D eigenvalue weighted by Gasteiger charge is 2.34. The second-order valence-electron chi connectivity index (χ2n) is 10.8. The minimum atomic E-state index is -1.29. The summed E-state index contributed by atoms with van der Waals surface area (Å²) in [4.78, 5) is 69.7. The number of carbonyl (C=O) groups is 4. The average molecular weight is 642 g/mol. The lowest BCUT2D eigenvalue weighted by Gasteiger charge is -2.36. The zero-order valence-electron chi connectivity index (χ0n) is 25.0. The van der Waals surface area contributed by atoms with Crippen LogP contribution in [0.2, 0.25) is 0 Å². The van der Waals surface area contributed by atoms with Gasteiger partial charge in [-0.2, -0.15) is 0 Å². The van der Waals surface area contributed by atoms with Gasteiger partial charge in [0.05, 0.1) is 36.2 Å². The number of carboxylic acid groups (broad SMARTS) is 1. The number of para-hydroxylation sites is 1. The summed E-state index contributed by atoms with van der Waals surface area (Å²) < 4.78 is 36.8. The van der Waals surface area contributed by atoms with Crippen LogP contribution in [-0.4, -0.2) is 95.5 Å². The number of carbonyl (C=O) groups excluding carboxylic acids is 3. The molecule has 2 aliphatic rings. The van der Waals surface area contributed by atoms with E-state index < -0.39 is 35.8 Å². The van der Waals surface area contributed by atoms with Gasteiger partial charge in [-0.3, -0.25) is 23.9 Å². The standard InChI is InChI=1S/C30H33F2N7O7/c1-2-24-35-23-6-4-3-5-20(23)28(42)38(24)8-7-25(40)33-16-26(41)36-9-11-37(12-10-36)27-21(31)13-18(14-22(27)32)39-17-19(46-30(39)45)15-34-29(43)44/h3-6,13-14,19,34H,2,7-12,15-17H2,1H3,(H,33,40)(H,43,44)/t19-/m0/s1. The number of hydrogen-bond donors (Lipinski definition) is 3. The number of benzene rings is 2. The summed E-state index contributed by atoms with van der Waals surface area (Å²) in [5.74, 6) is -2.03. The molecule has 0 bridgehead atoms. The average Bonchev–Trinajstić information content (AvgIpc) is 3.42. The molecule has 244 valence electrons. The zero-order chi connectivity index (χ0) is 33.0. The molecule has 2 saturated heterocycles. The number of rotatable bonds is 10. The Bertz CT molecular complexity index is 1700. The third kappa shape index (κ3) is 7.00. The molecule has 16 heteroatoms. The second-order valence-corrected chi connectivity index (χ2v) is 10.8. The van der Waals surface area contributed by atoms with E-state index in [9.17, 15) is 24.0 Å². The smallest absolute Gasteiger partial charge is 0.414 e. The molecule has 0 saturated carbocycles. The fourth-order valence-electron chi connectivity index (χ4n) is 5.53. The third-order valence-corrected chi connectivity index (χ3v) is 7.87. The van der Waals surface area contributed by atoms with Crippen LogP contribution in [0.4, 0.5) is 29.7 Å². The van der Waals surface area contributed by atoms with Crippen LogP contribution in [0.25, 0.3) is 10.9 Å². The van der Waals surface area contributed by atoms with Crippen molar-refractivity contribution < 1.29 is 37.8 Å². The first-order chi connectivity index (χ1) is 22.0. The van der Waals surface area contributed by atoms with E-state index in [-0.39, 0.29) is 81.6 Å². The van der Waals surface area contributed by atoms with E-state index in [1.807, 2.05) is 6.92 Å². The molecule has 4 amide bonds. The number of nitrogens with zero attached hydrogens (tertiary/aromatic N) is 5. The number of halogens is 2. The van der Waals surface area contributed by atoms with Crippen LogP contribution < -0.4 is 26.0 Å². The summed E-state index contributed by atoms with van der Waals surface area (Å²) >= 11 is 0. The number of fused-ring (bicyclic) bond motifs is 1. The fraction of sp³-hybridized carbons (Fsp3) is 0.400. The minimum absolute atomic E-state index is 0.0302. The van der Waals surface area contributed by atoms with Crippen molar-refractivity contribution in [2.24, 2.45) is 0 Å². The number of ether oxygens (including phenoxy) is 1. The Morgan fingerprint density at radius 3 is 2.41 bits per heavy atom. The molecule has 2 aliphatic heterocycles. The van der Waals surface area contributed by atoms with E-state index in [0.29, 0.717) is 23.1 Å². The maximum Gasteiger partial charge on any atom is 0.414 e. The number of amides is 4. The van der Waals surface area contributed by atoms with Crippen molar-refractivity contribution in [2.45, 2.75) is 32.4 Å². The second kappa shape index (κ2) is 13.8. The van der Waals surface area contributed by atoms with E-state index in [1.165, 1.54) is 14.4 Å². The molecule has 3 aromatic rings. The monoisotopic (exact) mass is 641 g/mol. The molecule has 0 spiro atoms. The van der Waals surface area contributed by atoms with Gasteiger partial charge in [0.25, 0.3) is 5.56 Å². The first-order valence-electron chi connectivity index (χ1n) is 14.8. The van der Waals surface area contributed by atoms with Crippen LogP contribution in [0.5, 0.6) is 0 Å². The maximum atomic E-state index is 15.1. The molecule has 0 aliphatic carbocycles. The number of cyclic esters (lactones) is 1. The Morgan fingerprint density at radius 2 is 1.74 bits per heavy atom. The first kappa shape index (κ1) is 32.1. The molecule has 2 aromatic carbocycles. The molecule has 2 fully saturated rings. The summed E-state index contributed by atoms with van der Waals surface area (Å²) in [5.41, 5.74) is -0.0109. The summed E-state index contributed by atoms with van der Waals surface area (Å²) in [7, 11) is 0. The van der Waals surface area contributed by atoms with Gasteiger partial charge in [0, 0.05) is 57.7 Å². The van der Waals surface area contributed by atoms with E-state index in [0.717, 1.165) is 17.0 Å². The molecular formula is C30H33F2N7O7. The molecule has 5 rings (SSSR count). The first-order valence-corrected chi connectivity index (χ1v) is 14.8. The minimum Gasteiger partial charge on any atom is -0.465 e. The number of nitrogens with one attached hydrogen (secondary N) is 2. The molecule has 3 heterocycles. The zero-order valence-corrected chi connectivity index (χ0v) is 25.0. The molecule has 0 radical (unpaired) electrons. The largest absolute Gasteiger partial charge is 0.465 e. The van der Waals surface area contributed by atoms with Gasteiger partial charge in [-0.1, -0.05) is 19.1 Å². The summed E-state index contributed by atoms with van der Waals surface area (Å²) in [6, 6.07) is 9.00. The van der Waals surface area contributed by atoms with Crippen molar-refractivity contribution in [3.05, 3.63) is 64.2 Å². The van der Waals surface area contributed by atoms with Crippen molar-refractivity contribution in [2.75, 3.05) is 55.6 Å². The van der Waals surface area contributed by atoms with Gasteiger partial charge in [0.1, 0.15) is 17.6 Å². The highest BCUT2D eigenvalue weighted by atomic mass is 19.1. The van der Waals surface area contributed by atoms with E-state index in [2.05, 4.69) is 15.6 Å². The van der Waals surface area contributed by atoms with Crippen molar-refractivity contribution >= 4 is 46.3 Å². The number of aromatic nitrogens is 2. The lowest BCUT2D eigenvalue weighted by molar-refractivity contribution is -0.133. The topological polar surface area (TPSA) is 166 Å². The van der Waals surface area contributed by atoms with Crippen molar-refractivity contribution in [3.63, 3.8) is 0 Å². The molecule has 1 aromatic heterocycles. The Morgan fingerprint density at radius 1 is 1.04 bits per heavy atom. The SMILES string of the molecule is CCc1nc2ccccc2c(=O)n1CCC(=O)NCC(=O)N1CCN(c2c(F)cc(N3C[C@H](CNC(=O)O)OC3=O)cc2F)CC1. The van der Waals surface area contributed by atoms with Crippen LogP contribution >= 0.6 is 0 Å². The lowest BCUT2D eigenvalue weighted by Crippen LogP contribution is -2.51. The third-order valence-electron chi connectivity index (χ3n) is 7.87. The molecule has 14 nitrogen and oxygen atoms in total. The van der Waals surface area contributed by atoms with Crippen molar-refractivity contribution in [1.29, 1.82) is 0 Å². The fourth-order valence-corrected chi connectivity index (χ4v) is 5.53. The predicted octanol–water partition coefficient (Wildman–Crippen LogP) is 1.69. The Balaban J connectivity index is 1.11. The molecule has 46 heavy (non-hydrogen) atoms. The van der Waals surface area contributed by atoms with E-state index >= 15 is 8.78 Å². The van der Waals surface area contributed by atoms with Crippen LogP contribution in [0.3, 0.4) is 0 Å². The highest BCUT2D eigenvalue weighted by molar-refractivity contribution is 5.90. The van der Waals surface area contributed by atoms with Gasteiger partial charge in [0.2, 0.25) is 11.8 Å². The van der Waals surface area contributed by atoms with Crippen LogP contribution in [0, 0.1) is 11.6 Å². The maximum absolute atomic E-state index is 15.1. The van der Waals surface area contributed by atoms with Crippen molar-refractivity contribution in [1.82, 2.24) is 25.1 Å². The molecule has 1 atom stereocenters. The Kier molecular flexibility index (Phi) is 9.63. The van der Waals surface area contributed by atoms with Gasteiger partial charge in [-0.05, 0) is 12.1 Å². The molecule has 3 N–H and O–H groups in total. The lowest BCUT2D eigenvalue weighted by atomic mass is 10.2. The normalized spacial score (nSPS) is 16.5. The van der Waals surface area contributed by atoms with Gasteiger partial charge in [-0.15, -0.1) is 0 Å². The highest BCUT2D eigenvalue weighted by Crippen LogP contribution is 2.31. The summed E-state index contributed by atoms with van der Waals surface area (Å²) in [5, 5.41) is 13.9. The number of hydrogen-bond acceptors (Lipinski definition) is 8. The van der Waals surface area contributed by atoms with Gasteiger partial charge >= 0.3 is 12.2 Å². The predicted molar refractivity (Wildman–Crippen MR) is 162 cm³/mol. The van der Waals surface area contributed by atoms with Gasteiger partial charge < -0.3 is 30.3 Å². The van der Waals surface area contributed by atoms with Crippen LogP contribution in [0.15, 0.2) is 41.2 Å². The van der Waals surface area contributed by atoms with Crippen molar-refractivity contribution in [3.8, 4) is 0 Å². The Hall–Kier alpha value is -5.28. The van der Waals surface area contributed by atoms with Crippen LogP contribution in [-0.2, 0) is 27.3 Å². The van der Waals surface area contributed by atoms with E-state index in [1.54, 1.807) is 24.3 Å². The van der Waals surface area contributed by atoms with Crippen LogP contribution in [0.1, 0.15) is 19.2 Å². The number of piperazine rings is 1. The quantitative estimate of drug-likeness (QED) is 0.299. The van der Waals surface area contributed by atoms with Gasteiger partial charge in [-0.25, -0.2) is 23.4 Å². The van der Waals surface area contributed by atoms with E-state index in [4.69, 9.17) is 9.84 Å². The summed E-state index contributed by atoms with van der Waals surface area (Å²) in [6.45, 7) is 2.01. The Labute approximate surface area is 261 Å². The van der Waals surface area contributed by atoms with Gasteiger partial charge in [0.15, 0.2) is 11.6 Å².